The van der Waals surface area contributed by atoms with Gasteiger partial charge >= 0.3 is 0 Å². The normalized spacial score (nSPS) is 11.6. The van der Waals surface area contributed by atoms with E-state index in [0.717, 1.165) is 60.7 Å². The molecule has 0 saturated carbocycles. The number of rotatable bonds is 3. The molecule has 0 bridgehead atoms. The van der Waals surface area contributed by atoms with E-state index < -0.39 is 0 Å². The lowest BCUT2D eigenvalue weighted by Gasteiger charge is -2.17. The van der Waals surface area contributed by atoms with E-state index in [0.29, 0.717) is 11.4 Å². The fourth-order valence-corrected chi connectivity index (χ4v) is 8.81. The molecule has 10 rings (SSSR count). The second-order valence-corrected chi connectivity index (χ2v) is 13.4. The van der Waals surface area contributed by atoms with E-state index in [1.165, 1.54) is 25.6 Å². The summed E-state index contributed by atoms with van der Waals surface area (Å²) in [6.45, 7) is 16.6. The molecule has 0 aliphatic heterocycles. The van der Waals surface area contributed by atoms with Gasteiger partial charge in [0.25, 0.3) is 0 Å². The van der Waals surface area contributed by atoms with Crippen LogP contribution in [0, 0.1) is 13.1 Å². The van der Waals surface area contributed by atoms with Gasteiger partial charge in [0, 0.05) is 53.0 Å². The molecule has 0 amide bonds. The molecular weight excluding hydrogens is 617 g/mol. The Morgan fingerprint density at radius 3 is 1.67 bits per heavy atom. The SMILES string of the molecule is [C-]#[N+]c1cc(-c2c([N+]#[C-])cccc2-n2c3ccccc3c3cc4c(cc32)sc2ccccc24)ccc1-n1c2ccccc2c2ccccc21. The van der Waals surface area contributed by atoms with Gasteiger partial charge in [0.05, 0.1) is 40.9 Å². The van der Waals surface area contributed by atoms with E-state index in [2.05, 4.69) is 128 Å². The number of fused-ring (bicyclic) bond motifs is 9. The lowest BCUT2D eigenvalue weighted by atomic mass is 9.99. The molecule has 49 heavy (non-hydrogen) atoms. The zero-order valence-electron chi connectivity index (χ0n) is 26.1. The van der Waals surface area contributed by atoms with Gasteiger partial charge in [-0.1, -0.05) is 91.0 Å². The average Bonchev–Trinajstić information content (AvgIpc) is 3.80. The molecule has 0 atom stereocenters. The Morgan fingerprint density at radius 1 is 0.408 bits per heavy atom. The quantitative estimate of drug-likeness (QED) is 0.171. The second kappa shape index (κ2) is 10.4. The number of para-hydroxylation sites is 3. The van der Waals surface area contributed by atoms with Crippen LogP contribution in [0.25, 0.3) is 96.0 Å². The topological polar surface area (TPSA) is 18.6 Å². The number of aromatic nitrogens is 2. The predicted octanol–water partition coefficient (Wildman–Crippen LogP) is 13.0. The van der Waals surface area contributed by atoms with Crippen LogP contribution in [0.1, 0.15) is 0 Å². The predicted molar refractivity (Wildman–Crippen MR) is 206 cm³/mol. The first-order valence-electron chi connectivity index (χ1n) is 16.1. The highest BCUT2D eigenvalue weighted by Crippen LogP contribution is 2.45. The van der Waals surface area contributed by atoms with Crippen LogP contribution in [0.5, 0.6) is 0 Å². The minimum Gasteiger partial charge on any atom is -0.319 e. The highest BCUT2D eigenvalue weighted by Gasteiger charge is 2.21. The summed E-state index contributed by atoms with van der Waals surface area (Å²) in [7, 11) is 0. The Morgan fingerprint density at radius 2 is 1.00 bits per heavy atom. The molecule has 7 aromatic carbocycles. The third-order valence-electron chi connectivity index (χ3n) is 9.76. The molecule has 3 heterocycles. The Hall–Kier alpha value is -6.66. The summed E-state index contributed by atoms with van der Waals surface area (Å²) >= 11 is 1.81. The Bertz CT molecular complexity index is 3030. The second-order valence-electron chi connectivity index (χ2n) is 12.3. The van der Waals surface area contributed by atoms with Crippen molar-refractivity contribution in [1.29, 1.82) is 0 Å². The van der Waals surface area contributed by atoms with Crippen LogP contribution in [0.4, 0.5) is 11.4 Å². The van der Waals surface area contributed by atoms with Gasteiger partial charge < -0.3 is 9.13 Å². The van der Waals surface area contributed by atoms with Crippen molar-refractivity contribution >= 4 is 86.5 Å². The lowest BCUT2D eigenvalue weighted by molar-refractivity contribution is 1.18. The molecule has 10 aromatic rings. The minimum atomic E-state index is 0.531. The third kappa shape index (κ3) is 3.88. The van der Waals surface area contributed by atoms with Gasteiger partial charge in [-0.05, 0) is 60.2 Å². The molecule has 226 valence electrons. The van der Waals surface area contributed by atoms with Gasteiger partial charge in [-0.25, -0.2) is 9.69 Å². The molecule has 0 unspecified atom stereocenters. The first kappa shape index (κ1) is 27.5. The maximum absolute atomic E-state index is 8.34. The average molecular weight is 641 g/mol. The fraction of sp³-hybridized carbons (Fsp3) is 0. The van der Waals surface area contributed by atoms with E-state index in [9.17, 15) is 0 Å². The summed E-state index contributed by atoms with van der Waals surface area (Å²) in [5.74, 6) is 0. The highest BCUT2D eigenvalue weighted by atomic mass is 32.1. The van der Waals surface area contributed by atoms with Crippen molar-refractivity contribution in [3.63, 3.8) is 0 Å². The van der Waals surface area contributed by atoms with E-state index in [1.54, 1.807) is 0 Å². The van der Waals surface area contributed by atoms with Crippen molar-refractivity contribution in [3.8, 4) is 22.5 Å². The molecule has 3 aromatic heterocycles. The summed E-state index contributed by atoms with van der Waals surface area (Å²) in [5.41, 5.74) is 8.76. The van der Waals surface area contributed by atoms with Crippen molar-refractivity contribution < 1.29 is 0 Å². The standard InChI is InChI=1S/C44H24N4S/c1-45-34-16-11-20-40(48-38-19-9-5-14-30(38)32-25-33-31-15-6-10-21-42(31)49-43(33)26-41(32)48)44(34)27-22-23-39(35(24-27)46-2)47-36-17-7-3-12-28(36)29-13-4-8-18-37(29)47/h3-26H. The third-order valence-corrected chi connectivity index (χ3v) is 10.9. The number of thiophene rings is 1. The zero-order valence-corrected chi connectivity index (χ0v) is 26.9. The number of benzene rings is 7. The number of nitrogens with zero attached hydrogens (tertiary/aromatic N) is 4. The van der Waals surface area contributed by atoms with Crippen molar-refractivity contribution in [1.82, 2.24) is 9.13 Å². The fourth-order valence-electron chi connectivity index (χ4n) is 7.69. The van der Waals surface area contributed by atoms with Gasteiger partial charge in [-0.15, -0.1) is 11.3 Å². The maximum Gasteiger partial charge on any atom is 0.211 e. The van der Waals surface area contributed by atoms with Crippen LogP contribution in [0.2, 0.25) is 0 Å². The first-order chi connectivity index (χ1) is 24.2. The molecule has 0 N–H and O–H groups in total. The summed E-state index contributed by atoms with van der Waals surface area (Å²) in [6.07, 6.45) is 0. The van der Waals surface area contributed by atoms with E-state index in [-0.39, 0.29) is 0 Å². The maximum atomic E-state index is 8.34. The first-order valence-corrected chi connectivity index (χ1v) is 16.9. The molecule has 4 nitrogen and oxygen atoms in total. The minimum absolute atomic E-state index is 0.531. The zero-order chi connectivity index (χ0) is 32.6. The van der Waals surface area contributed by atoms with Crippen LogP contribution >= 0.6 is 11.3 Å². The van der Waals surface area contributed by atoms with E-state index >= 15 is 0 Å². The van der Waals surface area contributed by atoms with Crippen LogP contribution in [0.15, 0.2) is 146 Å². The Balaban J connectivity index is 1.25. The van der Waals surface area contributed by atoms with Gasteiger partial charge in [0.15, 0.2) is 5.69 Å². The smallest absolute Gasteiger partial charge is 0.211 e. The molecule has 0 spiro atoms. The Labute approximate surface area is 285 Å². The molecule has 0 radical (unpaired) electrons. The van der Waals surface area contributed by atoms with Gasteiger partial charge in [-0.3, -0.25) is 0 Å². The van der Waals surface area contributed by atoms with Crippen molar-refractivity contribution in [3.05, 3.63) is 168 Å². The summed E-state index contributed by atoms with van der Waals surface area (Å²) < 4.78 is 6.99. The molecule has 5 heteroatoms. The van der Waals surface area contributed by atoms with Gasteiger partial charge in [-0.2, -0.15) is 0 Å². The van der Waals surface area contributed by atoms with Gasteiger partial charge in [0.2, 0.25) is 5.69 Å². The Kier molecular flexibility index (Phi) is 5.84. The molecule has 0 fully saturated rings. The van der Waals surface area contributed by atoms with Gasteiger partial charge in [0.1, 0.15) is 0 Å². The van der Waals surface area contributed by atoms with Crippen LogP contribution in [-0.2, 0) is 0 Å². The highest BCUT2D eigenvalue weighted by molar-refractivity contribution is 7.25. The number of hydrogen-bond acceptors (Lipinski definition) is 1. The van der Waals surface area contributed by atoms with E-state index in [1.807, 2.05) is 47.7 Å². The largest absolute Gasteiger partial charge is 0.319 e. The molecular formula is C44H24N4S. The lowest BCUT2D eigenvalue weighted by Crippen LogP contribution is -1.98. The van der Waals surface area contributed by atoms with Crippen LogP contribution < -0.4 is 0 Å². The molecule has 0 saturated heterocycles. The summed E-state index contributed by atoms with van der Waals surface area (Å²) in [5, 5.41) is 7.17. The van der Waals surface area contributed by atoms with Crippen molar-refractivity contribution in [2.45, 2.75) is 0 Å². The number of hydrogen-bond donors (Lipinski definition) is 0. The van der Waals surface area contributed by atoms with Crippen LogP contribution in [0.3, 0.4) is 0 Å². The van der Waals surface area contributed by atoms with Crippen molar-refractivity contribution in [2.75, 3.05) is 0 Å². The van der Waals surface area contributed by atoms with Crippen molar-refractivity contribution in [2.24, 2.45) is 0 Å². The molecule has 0 aliphatic rings. The van der Waals surface area contributed by atoms with Crippen LogP contribution in [-0.4, -0.2) is 9.13 Å². The summed E-state index contributed by atoms with van der Waals surface area (Å²) in [4.78, 5) is 8.10. The molecule has 0 aliphatic carbocycles. The van der Waals surface area contributed by atoms with E-state index in [4.69, 9.17) is 13.1 Å². The monoisotopic (exact) mass is 640 g/mol. The summed E-state index contributed by atoms with van der Waals surface area (Å²) in [6, 6.07) is 50.4.